The summed E-state index contributed by atoms with van der Waals surface area (Å²) in [5.74, 6) is 0. The minimum absolute atomic E-state index is 0.349. The lowest BCUT2D eigenvalue weighted by atomic mass is 10.1. The third-order valence-corrected chi connectivity index (χ3v) is 7.58. The second kappa shape index (κ2) is 9.31. The van der Waals surface area contributed by atoms with Crippen molar-refractivity contribution in [2.24, 2.45) is 7.05 Å². The van der Waals surface area contributed by atoms with Gasteiger partial charge in [0.2, 0.25) is 10.0 Å². The zero-order valence-corrected chi connectivity index (χ0v) is 18.2. The van der Waals surface area contributed by atoms with E-state index in [0.29, 0.717) is 18.0 Å². The van der Waals surface area contributed by atoms with Gasteiger partial charge in [-0.2, -0.15) is 4.31 Å². The number of sulfonamides is 1. The van der Waals surface area contributed by atoms with Gasteiger partial charge in [0.05, 0.1) is 24.7 Å². The Morgan fingerprint density at radius 2 is 1.77 bits per heavy atom. The smallest absolute Gasteiger partial charge is 0.243 e. The number of aryl methyl sites for hydroxylation is 1. The van der Waals surface area contributed by atoms with E-state index in [4.69, 9.17) is 4.74 Å². The van der Waals surface area contributed by atoms with Gasteiger partial charge in [0.25, 0.3) is 0 Å². The molecule has 1 aliphatic rings. The average Bonchev–Trinajstić information content (AvgIpc) is 3.18. The van der Waals surface area contributed by atoms with Crippen LogP contribution in [0, 0.1) is 0 Å². The molecule has 3 aromatic rings. The molecule has 0 radical (unpaired) electrons. The molecule has 0 atom stereocenters. The van der Waals surface area contributed by atoms with Crippen molar-refractivity contribution < 1.29 is 13.2 Å². The quantitative estimate of drug-likeness (QED) is 0.554. The van der Waals surface area contributed by atoms with Crippen molar-refractivity contribution in [3.8, 4) is 0 Å². The standard InChI is InChI=1S/C23H29N3O3S/c1-24-11-4-8-22(24)19-26(13-5-12-25-14-16-29-17-15-25)30(27,28)23-10-9-20-6-2-3-7-21(20)18-23/h2-4,6-11,18H,5,12-17,19H2,1H3. The van der Waals surface area contributed by atoms with Crippen LogP contribution in [-0.4, -0.2) is 61.6 Å². The van der Waals surface area contributed by atoms with Crippen molar-refractivity contribution in [1.29, 1.82) is 0 Å². The largest absolute Gasteiger partial charge is 0.379 e. The number of hydrogen-bond acceptors (Lipinski definition) is 4. The molecule has 7 heteroatoms. The number of benzene rings is 2. The fourth-order valence-corrected chi connectivity index (χ4v) is 5.38. The molecule has 1 aliphatic heterocycles. The number of morpholine rings is 1. The van der Waals surface area contributed by atoms with Crippen LogP contribution in [0.3, 0.4) is 0 Å². The first-order valence-corrected chi connectivity index (χ1v) is 11.9. The fourth-order valence-electron chi connectivity index (χ4n) is 3.90. The Morgan fingerprint density at radius 3 is 2.50 bits per heavy atom. The molecule has 160 valence electrons. The van der Waals surface area contributed by atoms with E-state index in [1.54, 1.807) is 16.4 Å². The molecular weight excluding hydrogens is 398 g/mol. The van der Waals surface area contributed by atoms with Gasteiger partial charge in [-0.1, -0.05) is 30.3 Å². The lowest BCUT2D eigenvalue weighted by Gasteiger charge is -2.28. The van der Waals surface area contributed by atoms with E-state index in [0.717, 1.165) is 55.7 Å². The second-order valence-corrected chi connectivity index (χ2v) is 9.70. The van der Waals surface area contributed by atoms with Crippen LogP contribution in [0.1, 0.15) is 12.1 Å². The summed E-state index contributed by atoms with van der Waals surface area (Å²) in [5, 5.41) is 1.98. The highest BCUT2D eigenvalue weighted by atomic mass is 32.2. The van der Waals surface area contributed by atoms with E-state index in [1.807, 2.05) is 60.3 Å². The number of rotatable bonds is 8. The van der Waals surface area contributed by atoms with Gasteiger partial charge in [-0.25, -0.2) is 8.42 Å². The molecule has 0 saturated carbocycles. The Balaban J connectivity index is 1.56. The Kier molecular flexibility index (Phi) is 6.53. The SMILES string of the molecule is Cn1cccc1CN(CCCN1CCOCC1)S(=O)(=O)c1ccc2ccccc2c1. The minimum Gasteiger partial charge on any atom is -0.379 e. The summed E-state index contributed by atoms with van der Waals surface area (Å²) in [5.41, 5.74) is 0.978. The number of aromatic nitrogens is 1. The Morgan fingerprint density at radius 1 is 1.00 bits per heavy atom. The molecule has 1 fully saturated rings. The molecule has 2 heterocycles. The van der Waals surface area contributed by atoms with Crippen LogP contribution in [-0.2, 0) is 28.4 Å². The molecule has 6 nitrogen and oxygen atoms in total. The third-order valence-electron chi connectivity index (χ3n) is 5.73. The molecule has 30 heavy (non-hydrogen) atoms. The zero-order valence-electron chi connectivity index (χ0n) is 17.4. The van der Waals surface area contributed by atoms with Crippen LogP contribution in [0.5, 0.6) is 0 Å². The van der Waals surface area contributed by atoms with Gasteiger partial charge in [-0.15, -0.1) is 0 Å². The molecule has 0 spiro atoms. The topological polar surface area (TPSA) is 54.8 Å². The maximum atomic E-state index is 13.6. The van der Waals surface area contributed by atoms with E-state index in [9.17, 15) is 8.42 Å². The third kappa shape index (κ3) is 4.75. The highest BCUT2D eigenvalue weighted by Gasteiger charge is 2.25. The Hall–Kier alpha value is -2.19. The van der Waals surface area contributed by atoms with Gasteiger partial charge in [-0.05, 0) is 48.0 Å². The summed E-state index contributed by atoms with van der Waals surface area (Å²) in [6, 6.07) is 17.2. The van der Waals surface area contributed by atoms with E-state index >= 15 is 0 Å². The van der Waals surface area contributed by atoms with Crippen molar-refractivity contribution in [2.75, 3.05) is 39.4 Å². The van der Waals surface area contributed by atoms with E-state index in [2.05, 4.69) is 4.90 Å². The fraction of sp³-hybridized carbons (Fsp3) is 0.391. The highest BCUT2D eigenvalue weighted by Crippen LogP contribution is 2.23. The summed E-state index contributed by atoms with van der Waals surface area (Å²) >= 11 is 0. The Bertz CT molecular complexity index is 1090. The average molecular weight is 428 g/mol. The van der Waals surface area contributed by atoms with Crippen molar-refractivity contribution in [1.82, 2.24) is 13.8 Å². The maximum absolute atomic E-state index is 13.6. The molecule has 0 amide bonds. The van der Waals surface area contributed by atoms with Crippen LogP contribution in [0.2, 0.25) is 0 Å². The first-order valence-electron chi connectivity index (χ1n) is 10.4. The maximum Gasteiger partial charge on any atom is 0.243 e. The normalized spacial score (nSPS) is 15.8. The van der Waals surface area contributed by atoms with Crippen molar-refractivity contribution >= 4 is 20.8 Å². The van der Waals surface area contributed by atoms with Gasteiger partial charge in [0.1, 0.15) is 0 Å². The Labute approximate surface area is 178 Å². The van der Waals surface area contributed by atoms with Crippen molar-refractivity contribution in [3.63, 3.8) is 0 Å². The van der Waals surface area contributed by atoms with Crippen molar-refractivity contribution in [2.45, 2.75) is 17.9 Å². The van der Waals surface area contributed by atoms with Crippen LogP contribution < -0.4 is 0 Å². The van der Waals surface area contributed by atoms with Crippen LogP contribution in [0.25, 0.3) is 10.8 Å². The minimum atomic E-state index is -3.61. The lowest BCUT2D eigenvalue weighted by Crippen LogP contribution is -2.39. The van der Waals surface area contributed by atoms with Crippen LogP contribution in [0.15, 0.2) is 65.7 Å². The summed E-state index contributed by atoms with van der Waals surface area (Å²) in [4.78, 5) is 2.69. The summed E-state index contributed by atoms with van der Waals surface area (Å²) in [6.07, 6.45) is 2.74. The number of fused-ring (bicyclic) bond motifs is 1. The first-order chi connectivity index (χ1) is 14.5. The number of ether oxygens (including phenoxy) is 1. The van der Waals surface area contributed by atoms with E-state index in [-0.39, 0.29) is 0 Å². The molecule has 2 aromatic carbocycles. The van der Waals surface area contributed by atoms with E-state index < -0.39 is 10.0 Å². The molecule has 1 saturated heterocycles. The molecule has 0 unspecified atom stereocenters. The molecule has 1 aromatic heterocycles. The summed E-state index contributed by atoms with van der Waals surface area (Å²) in [6.45, 7) is 5.05. The van der Waals surface area contributed by atoms with Crippen LogP contribution in [0.4, 0.5) is 0 Å². The first kappa shape index (κ1) is 21.1. The van der Waals surface area contributed by atoms with E-state index in [1.165, 1.54) is 0 Å². The molecule has 4 rings (SSSR count). The van der Waals surface area contributed by atoms with Gasteiger partial charge in [-0.3, -0.25) is 4.90 Å². The molecule has 0 aliphatic carbocycles. The monoisotopic (exact) mass is 427 g/mol. The number of nitrogens with zero attached hydrogens (tertiary/aromatic N) is 3. The van der Waals surface area contributed by atoms with Gasteiger partial charge in [0.15, 0.2) is 0 Å². The summed E-state index contributed by atoms with van der Waals surface area (Å²) in [7, 11) is -1.66. The van der Waals surface area contributed by atoms with Gasteiger partial charge in [0, 0.05) is 38.6 Å². The van der Waals surface area contributed by atoms with Crippen molar-refractivity contribution in [3.05, 3.63) is 66.5 Å². The second-order valence-electron chi connectivity index (χ2n) is 7.77. The highest BCUT2D eigenvalue weighted by molar-refractivity contribution is 7.89. The predicted molar refractivity (Wildman–Crippen MR) is 119 cm³/mol. The number of hydrogen-bond donors (Lipinski definition) is 0. The lowest BCUT2D eigenvalue weighted by molar-refractivity contribution is 0.0368. The molecule has 0 N–H and O–H groups in total. The molecule has 0 bridgehead atoms. The van der Waals surface area contributed by atoms with Gasteiger partial charge < -0.3 is 9.30 Å². The van der Waals surface area contributed by atoms with Gasteiger partial charge >= 0.3 is 0 Å². The molecular formula is C23H29N3O3S. The van der Waals surface area contributed by atoms with Crippen LogP contribution >= 0.6 is 0 Å². The zero-order chi connectivity index (χ0) is 21.0. The summed E-state index contributed by atoms with van der Waals surface area (Å²) < 4.78 is 36.2. The predicted octanol–water partition coefficient (Wildman–Crippen LogP) is 3.09.